The molecule has 2 aromatic rings. The lowest BCUT2D eigenvalue weighted by atomic mass is 10.1. The SMILES string of the molecule is CN(Cc1cccc(CN)c1)C(=O)CCc1ccccc1. The van der Waals surface area contributed by atoms with Gasteiger partial charge in [0.1, 0.15) is 0 Å². The minimum Gasteiger partial charge on any atom is -0.341 e. The van der Waals surface area contributed by atoms with E-state index in [-0.39, 0.29) is 5.91 Å². The second-order valence-electron chi connectivity index (χ2n) is 5.26. The van der Waals surface area contributed by atoms with Gasteiger partial charge in [-0.1, -0.05) is 54.6 Å². The molecule has 21 heavy (non-hydrogen) atoms. The van der Waals surface area contributed by atoms with Gasteiger partial charge < -0.3 is 10.6 Å². The zero-order valence-corrected chi connectivity index (χ0v) is 12.5. The molecule has 0 aliphatic carbocycles. The molecule has 2 aromatic carbocycles. The van der Waals surface area contributed by atoms with E-state index < -0.39 is 0 Å². The van der Waals surface area contributed by atoms with E-state index in [1.54, 1.807) is 4.90 Å². The second-order valence-corrected chi connectivity index (χ2v) is 5.26. The summed E-state index contributed by atoms with van der Waals surface area (Å²) in [6.07, 6.45) is 1.32. The Morgan fingerprint density at radius 1 is 1.00 bits per heavy atom. The van der Waals surface area contributed by atoms with Crippen molar-refractivity contribution in [1.29, 1.82) is 0 Å². The molecule has 0 saturated heterocycles. The fourth-order valence-electron chi connectivity index (χ4n) is 2.30. The van der Waals surface area contributed by atoms with E-state index in [2.05, 4.69) is 18.2 Å². The normalized spacial score (nSPS) is 10.4. The van der Waals surface area contributed by atoms with Gasteiger partial charge >= 0.3 is 0 Å². The third kappa shape index (κ3) is 4.72. The number of carbonyl (C=O) groups is 1. The van der Waals surface area contributed by atoms with Crippen LogP contribution in [0.1, 0.15) is 23.1 Å². The third-order valence-corrected chi connectivity index (χ3v) is 3.54. The van der Waals surface area contributed by atoms with Crippen molar-refractivity contribution in [2.75, 3.05) is 7.05 Å². The van der Waals surface area contributed by atoms with E-state index in [1.165, 1.54) is 5.56 Å². The smallest absolute Gasteiger partial charge is 0.222 e. The number of aryl methyl sites for hydroxylation is 1. The summed E-state index contributed by atoms with van der Waals surface area (Å²) in [5, 5.41) is 0. The van der Waals surface area contributed by atoms with Gasteiger partial charge in [0, 0.05) is 26.6 Å². The van der Waals surface area contributed by atoms with Crippen LogP contribution in [0.25, 0.3) is 0 Å². The van der Waals surface area contributed by atoms with Crippen LogP contribution in [0.4, 0.5) is 0 Å². The fraction of sp³-hybridized carbons (Fsp3) is 0.278. The molecule has 0 atom stereocenters. The molecule has 0 aliphatic rings. The van der Waals surface area contributed by atoms with Crippen molar-refractivity contribution in [3.05, 3.63) is 71.3 Å². The predicted molar refractivity (Wildman–Crippen MR) is 85.6 cm³/mol. The summed E-state index contributed by atoms with van der Waals surface area (Å²) in [7, 11) is 1.85. The van der Waals surface area contributed by atoms with Crippen molar-refractivity contribution in [1.82, 2.24) is 4.90 Å². The highest BCUT2D eigenvalue weighted by atomic mass is 16.2. The molecular formula is C18H22N2O. The molecule has 0 saturated carbocycles. The van der Waals surface area contributed by atoms with Gasteiger partial charge in [-0.25, -0.2) is 0 Å². The number of carbonyl (C=O) groups excluding carboxylic acids is 1. The van der Waals surface area contributed by atoms with Crippen LogP contribution >= 0.6 is 0 Å². The van der Waals surface area contributed by atoms with Crippen molar-refractivity contribution in [3.63, 3.8) is 0 Å². The summed E-state index contributed by atoms with van der Waals surface area (Å²) in [5.74, 6) is 0.164. The molecule has 0 radical (unpaired) electrons. The van der Waals surface area contributed by atoms with Gasteiger partial charge in [0.05, 0.1) is 0 Å². The molecule has 0 aromatic heterocycles. The first-order chi connectivity index (χ1) is 10.2. The van der Waals surface area contributed by atoms with Crippen LogP contribution in [0.5, 0.6) is 0 Å². The number of nitrogens with two attached hydrogens (primary N) is 1. The molecule has 3 nitrogen and oxygen atoms in total. The lowest BCUT2D eigenvalue weighted by molar-refractivity contribution is -0.130. The molecular weight excluding hydrogens is 260 g/mol. The van der Waals surface area contributed by atoms with Gasteiger partial charge in [-0.15, -0.1) is 0 Å². The molecule has 0 fully saturated rings. The highest BCUT2D eigenvalue weighted by Gasteiger charge is 2.09. The first kappa shape index (κ1) is 15.3. The topological polar surface area (TPSA) is 46.3 Å². The van der Waals surface area contributed by atoms with Crippen LogP contribution in [-0.4, -0.2) is 17.9 Å². The number of hydrogen-bond acceptors (Lipinski definition) is 2. The van der Waals surface area contributed by atoms with Gasteiger partial charge in [-0.2, -0.15) is 0 Å². The van der Waals surface area contributed by atoms with E-state index in [9.17, 15) is 4.79 Å². The molecule has 0 aliphatic heterocycles. The summed E-state index contributed by atoms with van der Waals surface area (Å²) in [4.78, 5) is 14.0. The van der Waals surface area contributed by atoms with E-state index in [0.29, 0.717) is 19.5 Å². The molecule has 2 rings (SSSR count). The van der Waals surface area contributed by atoms with Crippen molar-refractivity contribution >= 4 is 5.91 Å². The Bertz CT molecular complexity index is 581. The van der Waals surface area contributed by atoms with E-state index >= 15 is 0 Å². The second kappa shape index (κ2) is 7.60. The minimum absolute atomic E-state index is 0.164. The Kier molecular flexibility index (Phi) is 5.52. The fourth-order valence-corrected chi connectivity index (χ4v) is 2.30. The quantitative estimate of drug-likeness (QED) is 0.885. The van der Waals surface area contributed by atoms with Crippen molar-refractivity contribution in [2.24, 2.45) is 5.73 Å². The van der Waals surface area contributed by atoms with Gasteiger partial charge in [0.15, 0.2) is 0 Å². The zero-order valence-electron chi connectivity index (χ0n) is 12.5. The van der Waals surface area contributed by atoms with Gasteiger partial charge in [0.2, 0.25) is 5.91 Å². The van der Waals surface area contributed by atoms with E-state index in [0.717, 1.165) is 17.5 Å². The van der Waals surface area contributed by atoms with E-state index in [1.807, 2.05) is 43.4 Å². The van der Waals surface area contributed by atoms with Crippen molar-refractivity contribution in [2.45, 2.75) is 25.9 Å². The largest absolute Gasteiger partial charge is 0.341 e. The Balaban J connectivity index is 1.87. The molecule has 2 N–H and O–H groups in total. The highest BCUT2D eigenvalue weighted by Crippen LogP contribution is 2.09. The minimum atomic E-state index is 0.164. The van der Waals surface area contributed by atoms with Crippen LogP contribution < -0.4 is 5.73 Å². The Labute approximate surface area is 126 Å². The Hall–Kier alpha value is -2.13. The van der Waals surface area contributed by atoms with Crippen molar-refractivity contribution < 1.29 is 4.79 Å². The number of rotatable bonds is 6. The maximum Gasteiger partial charge on any atom is 0.222 e. The summed E-state index contributed by atoms with van der Waals surface area (Å²) >= 11 is 0. The molecule has 0 spiro atoms. The summed E-state index contributed by atoms with van der Waals surface area (Å²) < 4.78 is 0. The molecule has 0 bridgehead atoms. The zero-order chi connectivity index (χ0) is 15.1. The maximum absolute atomic E-state index is 12.2. The number of hydrogen-bond donors (Lipinski definition) is 1. The Morgan fingerprint density at radius 3 is 2.38 bits per heavy atom. The summed E-state index contributed by atoms with van der Waals surface area (Å²) in [5.41, 5.74) is 9.05. The first-order valence-corrected chi connectivity index (χ1v) is 7.25. The Morgan fingerprint density at radius 2 is 1.67 bits per heavy atom. The van der Waals surface area contributed by atoms with Gasteiger partial charge in [0.25, 0.3) is 0 Å². The average molecular weight is 282 g/mol. The number of amides is 1. The molecule has 0 heterocycles. The highest BCUT2D eigenvalue weighted by molar-refractivity contribution is 5.76. The van der Waals surface area contributed by atoms with E-state index in [4.69, 9.17) is 5.73 Å². The first-order valence-electron chi connectivity index (χ1n) is 7.25. The monoisotopic (exact) mass is 282 g/mol. The number of benzene rings is 2. The van der Waals surface area contributed by atoms with Crippen LogP contribution in [-0.2, 0) is 24.3 Å². The molecule has 0 unspecified atom stereocenters. The van der Waals surface area contributed by atoms with Crippen LogP contribution in [0.3, 0.4) is 0 Å². The summed E-state index contributed by atoms with van der Waals surface area (Å²) in [6.45, 7) is 1.15. The molecule has 3 heteroatoms. The van der Waals surface area contributed by atoms with Crippen molar-refractivity contribution in [3.8, 4) is 0 Å². The maximum atomic E-state index is 12.2. The lowest BCUT2D eigenvalue weighted by Gasteiger charge is -2.17. The van der Waals surface area contributed by atoms with Crippen LogP contribution in [0.2, 0.25) is 0 Å². The van der Waals surface area contributed by atoms with Gasteiger partial charge in [-0.3, -0.25) is 4.79 Å². The third-order valence-electron chi connectivity index (χ3n) is 3.54. The predicted octanol–water partition coefficient (Wildman–Crippen LogP) is 2.74. The molecule has 1 amide bonds. The average Bonchev–Trinajstić information content (AvgIpc) is 2.53. The number of nitrogens with zero attached hydrogens (tertiary/aromatic N) is 1. The van der Waals surface area contributed by atoms with Crippen LogP contribution in [0.15, 0.2) is 54.6 Å². The van der Waals surface area contributed by atoms with Crippen LogP contribution in [0, 0.1) is 0 Å². The van der Waals surface area contributed by atoms with Gasteiger partial charge in [-0.05, 0) is 23.1 Å². The summed E-state index contributed by atoms with van der Waals surface area (Å²) in [6, 6.07) is 18.2. The lowest BCUT2D eigenvalue weighted by Crippen LogP contribution is -2.26. The standard InChI is InChI=1S/C18H22N2O/c1-20(14-17-9-5-8-16(12-17)13-19)18(21)11-10-15-6-3-2-4-7-15/h2-9,12H,10-11,13-14,19H2,1H3. The molecule has 110 valence electrons.